The molecule has 310 valence electrons. The van der Waals surface area contributed by atoms with E-state index in [1.165, 1.54) is 37.7 Å². The van der Waals surface area contributed by atoms with Crippen molar-refractivity contribution in [2.45, 2.75) is 0 Å². The monoisotopic (exact) mass is 851 g/mol. The molecule has 0 saturated heterocycles. The molecule has 0 spiro atoms. The lowest BCUT2D eigenvalue weighted by atomic mass is 9.88. The number of hydrogen-bond donors (Lipinski definition) is 0. The van der Waals surface area contributed by atoms with Gasteiger partial charge in [0.15, 0.2) is 17.5 Å². The smallest absolute Gasteiger partial charge is 0.164 e. The summed E-state index contributed by atoms with van der Waals surface area (Å²) in [4.78, 5) is 15.6. The summed E-state index contributed by atoms with van der Waals surface area (Å²) in [6, 6.07) is 79.9. The first-order valence-corrected chi connectivity index (χ1v) is 22.7. The van der Waals surface area contributed by atoms with Crippen LogP contribution in [0, 0.1) is 0 Å². The van der Waals surface area contributed by atoms with Gasteiger partial charge in [-0.25, -0.2) is 15.0 Å². The summed E-state index contributed by atoms with van der Waals surface area (Å²) in [6.45, 7) is 0. The Morgan fingerprint density at radius 1 is 0.254 bits per heavy atom. The molecule has 0 aliphatic carbocycles. The van der Waals surface area contributed by atoms with Gasteiger partial charge in [0.1, 0.15) is 11.2 Å². The molecule has 4 nitrogen and oxygen atoms in total. The largest absolute Gasteiger partial charge is 0.455 e. The van der Waals surface area contributed by atoms with Crippen LogP contribution in [-0.2, 0) is 0 Å². The van der Waals surface area contributed by atoms with E-state index in [1.54, 1.807) is 0 Å². The van der Waals surface area contributed by atoms with Gasteiger partial charge in [-0.2, -0.15) is 0 Å². The van der Waals surface area contributed by atoms with Crippen molar-refractivity contribution in [2.75, 3.05) is 0 Å². The van der Waals surface area contributed by atoms with E-state index >= 15 is 0 Å². The summed E-state index contributed by atoms with van der Waals surface area (Å²) in [5.74, 6) is 1.88. The van der Waals surface area contributed by atoms with E-state index in [1.807, 2.05) is 6.07 Å². The molecular formula is C63H37N3O. The minimum atomic E-state index is 0.620. The highest BCUT2D eigenvalue weighted by atomic mass is 16.3. The molecule has 0 aliphatic rings. The van der Waals surface area contributed by atoms with Crippen molar-refractivity contribution < 1.29 is 4.42 Å². The number of furan rings is 1. The zero-order chi connectivity index (χ0) is 44.0. The highest BCUT2D eigenvalue weighted by Crippen LogP contribution is 2.47. The maximum absolute atomic E-state index is 7.06. The Balaban J connectivity index is 0.967. The van der Waals surface area contributed by atoms with Crippen LogP contribution in [0.2, 0.25) is 0 Å². The van der Waals surface area contributed by atoms with Gasteiger partial charge in [0, 0.05) is 32.8 Å². The topological polar surface area (TPSA) is 51.8 Å². The van der Waals surface area contributed by atoms with Crippen LogP contribution in [0.4, 0.5) is 0 Å². The zero-order valence-electron chi connectivity index (χ0n) is 36.1. The van der Waals surface area contributed by atoms with E-state index in [0.717, 1.165) is 87.8 Å². The fourth-order valence-electron chi connectivity index (χ4n) is 10.4. The SMILES string of the molecule is c1ccc(-c2ccccc2-c2nc(-c3ccc4ccccc4c3)nc(-c3ccc4cc(-c5cc6c7ccccc7c7ccccc7c6c6oc7cc8ccccc8cc7c56)ccc4c3)n2)cc1. The van der Waals surface area contributed by atoms with Gasteiger partial charge in [-0.15, -0.1) is 0 Å². The van der Waals surface area contributed by atoms with Crippen LogP contribution in [0.5, 0.6) is 0 Å². The molecular weight excluding hydrogens is 815 g/mol. The van der Waals surface area contributed by atoms with Crippen molar-refractivity contribution in [1.29, 1.82) is 0 Å². The molecule has 14 aromatic rings. The van der Waals surface area contributed by atoms with Crippen molar-refractivity contribution in [2.24, 2.45) is 0 Å². The second-order valence-electron chi connectivity index (χ2n) is 17.5. The van der Waals surface area contributed by atoms with Crippen molar-refractivity contribution in [3.63, 3.8) is 0 Å². The molecule has 0 aliphatic heterocycles. The zero-order valence-corrected chi connectivity index (χ0v) is 36.1. The van der Waals surface area contributed by atoms with Crippen molar-refractivity contribution in [3.8, 4) is 56.4 Å². The standard InChI is InChI=1S/C63H37N3O/c1-2-15-39(16-3-1)48-20-8-13-25-53(48)63-65-61(46-30-26-38-14-4-5-17-40(38)33-46)64-62(66-63)47-31-28-43-32-45(29-27-44(43)34-47)54-37-55-51-23-10-9-21-49(51)50-22-11-12-24-52(50)58(55)60-59(54)56-35-41-18-6-7-19-42(41)36-57(56)67-60/h1-37H. The van der Waals surface area contributed by atoms with Crippen molar-refractivity contribution in [1.82, 2.24) is 15.0 Å². The number of aromatic nitrogens is 3. The Labute approximate surface area is 385 Å². The predicted octanol–water partition coefficient (Wildman–Crippen LogP) is 17.0. The summed E-state index contributed by atoms with van der Waals surface area (Å²) in [5.41, 5.74) is 9.05. The van der Waals surface area contributed by atoms with Crippen LogP contribution in [0.25, 0.3) is 143 Å². The Hall–Kier alpha value is -8.99. The maximum Gasteiger partial charge on any atom is 0.164 e. The molecule has 0 N–H and O–H groups in total. The minimum absolute atomic E-state index is 0.620. The quantitative estimate of drug-likeness (QED) is 0.162. The summed E-state index contributed by atoms with van der Waals surface area (Å²) < 4.78 is 7.06. The van der Waals surface area contributed by atoms with Gasteiger partial charge >= 0.3 is 0 Å². The Bertz CT molecular complexity index is 4340. The number of nitrogens with zero attached hydrogens (tertiary/aromatic N) is 3. The van der Waals surface area contributed by atoms with E-state index in [4.69, 9.17) is 19.4 Å². The molecule has 2 heterocycles. The van der Waals surface area contributed by atoms with E-state index in [0.29, 0.717) is 17.5 Å². The maximum atomic E-state index is 7.06. The molecule has 0 bridgehead atoms. The predicted molar refractivity (Wildman–Crippen MR) is 279 cm³/mol. The normalized spacial score (nSPS) is 11.9. The first kappa shape index (κ1) is 37.4. The Kier molecular flexibility index (Phi) is 8.25. The summed E-state index contributed by atoms with van der Waals surface area (Å²) in [7, 11) is 0. The lowest BCUT2D eigenvalue weighted by Gasteiger charge is -2.14. The number of rotatable bonds is 5. The van der Waals surface area contributed by atoms with E-state index in [9.17, 15) is 0 Å². The Morgan fingerprint density at radius 2 is 0.731 bits per heavy atom. The van der Waals surface area contributed by atoms with Gasteiger partial charge in [-0.3, -0.25) is 0 Å². The third kappa shape index (κ3) is 6.04. The molecule has 2 aromatic heterocycles. The van der Waals surface area contributed by atoms with Gasteiger partial charge < -0.3 is 4.42 Å². The van der Waals surface area contributed by atoms with Crippen LogP contribution in [-0.4, -0.2) is 15.0 Å². The average molecular weight is 852 g/mol. The second-order valence-corrected chi connectivity index (χ2v) is 17.5. The van der Waals surface area contributed by atoms with Gasteiger partial charge in [-0.1, -0.05) is 188 Å². The number of fused-ring (bicyclic) bond motifs is 13. The third-order valence-corrected chi connectivity index (χ3v) is 13.6. The Morgan fingerprint density at radius 3 is 1.43 bits per heavy atom. The molecule has 4 heteroatoms. The van der Waals surface area contributed by atoms with Crippen LogP contribution in [0.15, 0.2) is 229 Å². The van der Waals surface area contributed by atoms with E-state index in [2.05, 4.69) is 218 Å². The summed E-state index contributed by atoms with van der Waals surface area (Å²) >= 11 is 0. The minimum Gasteiger partial charge on any atom is -0.455 e. The molecule has 67 heavy (non-hydrogen) atoms. The fraction of sp³-hybridized carbons (Fsp3) is 0. The summed E-state index contributed by atoms with van der Waals surface area (Å²) in [6.07, 6.45) is 0. The number of benzene rings is 12. The highest BCUT2D eigenvalue weighted by Gasteiger charge is 2.22. The first-order chi connectivity index (χ1) is 33.2. The molecule has 12 aromatic carbocycles. The molecule has 14 rings (SSSR count). The van der Waals surface area contributed by atoms with Crippen LogP contribution in [0.1, 0.15) is 0 Å². The molecule has 0 radical (unpaired) electrons. The van der Waals surface area contributed by atoms with Crippen LogP contribution < -0.4 is 0 Å². The third-order valence-electron chi connectivity index (χ3n) is 13.6. The molecule has 0 saturated carbocycles. The molecule has 0 unspecified atom stereocenters. The van der Waals surface area contributed by atoms with Gasteiger partial charge in [0.2, 0.25) is 0 Å². The van der Waals surface area contributed by atoms with Gasteiger partial charge in [-0.05, 0) is 118 Å². The van der Waals surface area contributed by atoms with Crippen molar-refractivity contribution >= 4 is 86.6 Å². The van der Waals surface area contributed by atoms with Gasteiger partial charge in [0.05, 0.1) is 0 Å². The van der Waals surface area contributed by atoms with Crippen LogP contribution >= 0.6 is 0 Å². The van der Waals surface area contributed by atoms with E-state index < -0.39 is 0 Å². The van der Waals surface area contributed by atoms with Crippen molar-refractivity contribution in [3.05, 3.63) is 224 Å². The molecule has 0 atom stereocenters. The molecule has 0 fully saturated rings. The number of hydrogen-bond acceptors (Lipinski definition) is 4. The summed E-state index contributed by atoms with van der Waals surface area (Å²) in [5, 5.41) is 16.3. The van der Waals surface area contributed by atoms with Crippen LogP contribution in [0.3, 0.4) is 0 Å². The lowest BCUT2D eigenvalue weighted by Crippen LogP contribution is -2.01. The average Bonchev–Trinajstić information content (AvgIpc) is 3.77. The highest BCUT2D eigenvalue weighted by molar-refractivity contribution is 6.35. The first-order valence-electron chi connectivity index (χ1n) is 22.7. The fourth-order valence-corrected chi connectivity index (χ4v) is 10.4. The van der Waals surface area contributed by atoms with Gasteiger partial charge in [0.25, 0.3) is 0 Å². The molecule has 0 amide bonds. The lowest BCUT2D eigenvalue weighted by molar-refractivity contribution is 0.673. The second kappa shape index (κ2) is 14.8. The van der Waals surface area contributed by atoms with E-state index in [-0.39, 0.29) is 0 Å².